The fraction of sp³-hybridized carbons (Fsp3) is 0.818. The molecule has 4 N–H and O–H groups in total. The molecule has 1 aliphatic rings. The molecule has 1 rings (SSSR count). The Labute approximate surface area is 100 Å². The van der Waals surface area contributed by atoms with Gasteiger partial charge in [-0.3, -0.25) is 4.79 Å². The van der Waals surface area contributed by atoms with Crippen LogP contribution in [0.15, 0.2) is 0 Å². The maximum absolute atomic E-state index is 12.1. The molecule has 0 bridgehead atoms. The number of carboxylic acids is 1. The van der Waals surface area contributed by atoms with Crippen molar-refractivity contribution in [2.24, 2.45) is 5.41 Å². The highest BCUT2D eigenvalue weighted by Crippen LogP contribution is 2.30. The molecule has 0 aromatic carbocycles. The molecule has 1 saturated heterocycles. The van der Waals surface area contributed by atoms with Gasteiger partial charge in [-0.15, -0.1) is 0 Å². The third kappa shape index (κ3) is 3.17. The summed E-state index contributed by atoms with van der Waals surface area (Å²) in [5, 5.41) is 23.2. The number of amides is 1. The Morgan fingerprint density at radius 1 is 1.53 bits per heavy atom. The SMILES string of the molecule is CCC1(C(=O)NC(CO)C(=O)O)CCCNC1. The minimum atomic E-state index is -1.21. The summed E-state index contributed by atoms with van der Waals surface area (Å²) < 4.78 is 0. The van der Waals surface area contributed by atoms with Gasteiger partial charge in [0.15, 0.2) is 0 Å². The second-order valence-corrected chi connectivity index (χ2v) is 4.46. The summed E-state index contributed by atoms with van der Waals surface area (Å²) in [6, 6.07) is -1.21. The number of aliphatic hydroxyl groups is 1. The van der Waals surface area contributed by atoms with Gasteiger partial charge in [0.1, 0.15) is 6.04 Å². The predicted octanol–water partition coefficient (Wildman–Crippen LogP) is -0.672. The van der Waals surface area contributed by atoms with Crippen molar-refractivity contribution in [3.63, 3.8) is 0 Å². The minimum absolute atomic E-state index is 0.284. The van der Waals surface area contributed by atoms with Gasteiger partial charge in [0.2, 0.25) is 5.91 Å². The number of aliphatic hydroxyl groups excluding tert-OH is 1. The van der Waals surface area contributed by atoms with Gasteiger partial charge in [-0.05, 0) is 25.8 Å². The van der Waals surface area contributed by atoms with Gasteiger partial charge in [-0.25, -0.2) is 4.79 Å². The highest BCUT2D eigenvalue weighted by molar-refractivity contribution is 5.87. The molecule has 6 nitrogen and oxygen atoms in total. The number of aliphatic carboxylic acids is 1. The smallest absolute Gasteiger partial charge is 0.328 e. The molecule has 0 radical (unpaired) electrons. The molecule has 2 unspecified atom stereocenters. The number of piperidine rings is 1. The van der Waals surface area contributed by atoms with Crippen molar-refractivity contribution in [3.05, 3.63) is 0 Å². The molecule has 1 heterocycles. The van der Waals surface area contributed by atoms with Crippen LogP contribution in [-0.4, -0.2) is 47.8 Å². The minimum Gasteiger partial charge on any atom is -0.480 e. The topological polar surface area (TPSA) is 98.7 Å². The molecule has 0 spiro atoms. The Kier molecular flexibility index (Phi) is 4.89. The fourth-order valence-electron chi connectivity index (χ4n) is 2.12. The van der Waals surface area contributed by atoms with Crippen molar-refractivity contribution in [3.8, 4) is 0 Å². The van der Waals surface area contributed by atoms with Crippen LogP contribution < -0.4 is 10.6 Å². The van der Waals surface area contributed by atoms with E-state index in [0.29, 0.717) is 13.0 Å². The first-order valence-corrected chi connectivity index (χ1v) is 5.91. The van der Waals surface area contributed by atoms with Crippen LogP contribution in [0.25, 0.3) is 0 Å². The van der Waals surface area contributed by atoms with Gasteiger partial charge < -0.3 is 20.8 Å². The number of rotatable bonds is 5. The summed E-state index contributed by atoms with van der Waals surface area (Å²) >= 11 is 0. The van der Waals surface area contributed by atoms with Crippen LogP contribution in [0.3, 0.4) is 0 Å². The van der Waals surface area contributed by atoms with Crippen LogP contribution in [-0.2, 0) is 9.59 Å². The molecule has 0 aliphatic carbocycles. The predicted molar refractivity (Wildman–Crippen MR) is 61.5 cm³/mol. The van der Waals surface area contributed by atoms with E-state index in [1.807, 2.05) is 6.92 Å². The van der Waals surface area contributed by atoms with Crippen LogP contribution in [0.4, 0.5) is 0 Å². The van der Waals surface area contributed by atoms with Crippen LogP contribution in [0.5, 0.6) is 0 Å². The number of hydrogen-bond acceptors (Lipinski definition) is 4. The van der Waals surface area contributed by atoms with Crippen molar-refractivity contribution < 1.29 is 19.8 Å². The monoisotopic (exact) mass is 244 g/mol. The van der Waals surface area contributed by atoms with Crippen LogP contribution in [0.2, 0.25) is 0 Å². The zero-order chi connectivity index (χ0) is 12.9. The Bertz CT molecular complexity index is 287. The molecule has 98 valence electrons. The summed E-state index contributed by atoms with van der Waals surface area (Å²) in [5.74, 6) is -1.50. The molecule has 0 saturated carbocycles. The molecule has 6 heteroatoms. The lowest BCUT2D eigenvalue weighted by molar-refractivity contribution is -0.145. The van der Waals surface area contributed by atoms with E-state index in [9.17, 15) is 9.59 Å². The second kappa shape index (κ2) is 5.97. The van der Waals surface area contributed by atoms with Gasteiger partial charge in [0.05, 0.1) is 12.0 Å². The first kappa shape index (κ1) is 13.9. The average molecular weight is 244 g/mol. The third-order valence-corrected chi connectivity index (χ3v) is 3.42. The molecule has 0 aromatic heterocycles. The van der Waals surface area contributed by atoms with Gasteiger partial charge in [0, 0.05) is 6.54 Å². The van der Waals surface area contributed by atoms with Crippen molar-refractivity contribution in [1.29, 1.82) is 0 Å². The Balaban J connectivity index is 2.68. The lowest BCUT2D eigenvalue weighted by Crippen LogP contribution is -2.54. The summed E-state index contributed by atoms with van der Waals surface area (Å²) in [6.07, 6.45) is 2.31. The molecular formula is C11H20N2O4. The molecule has 2 atom stereocenters. The average Bonchev–Trinajstić information content (AvgIpc) is 2.35. The fourth-order valence-corrected chi connectivity index (χ4v) is 2.12. The van der Waals surface area contributed by atoms with Gasteiger partial charge in [0.25, 0.3) is 0 Å². The molecule has 1 aliphatic heterocycles. The highest BCUT2D eigenvalue weighted by Gasteiger charge is 2.39. The van der Waals surface area contributed by atoms with E-state index in [0.717, 1.165) is 19.4 Å². The molecule has 1 fully saturated rings. The van der Waals surface area contributed by atoms with E-state index in [1.54, 1.807) is 0 Å². The second-order valence-electron chi connectivity index (χ2n) is 4.46. The normalized spacial score (nSPS) is 26.2. The Morgan fingerprint density at radius 3 is 2.65 bits per heavy atom. The summed E-state index contributed by atoms with van der Waals surface area (Å²) in [7, 11) is 0. The van der Waals surface area contributed by atoms with E-state index < -0.39 is 24.0 Å². The van der Waals surface area contributed by atoms with Crippen molar-refractivity contribution in [2.75, 3.05) is 19.7 Å². The zero-order valence-electron chi connectivity index (χ0n) is 10.0. The lowest BCUT2D eigenvalue weighted by Gasteiger charge is -2.36. The maximum atomic E-state index is 12.1. The first-order chi connectivity index (χ1) is 8.05. The van der Waals surface area contributed by atoms with Gasteiger partial charge in [-0.1, -0.05) is 6.92 Å². The van der Waals surface area contributed by atoms with Crippen LogP contribution in [0, 0.1) is 5.41 Å². The summed E-state index contributed by atoms with van der Waals surface area (Å²) in [4.78, 5) is 22.9. The lowest BCUT2D eigenvalue weighted by atomic mass is 9.77. The van der Waals surface area contributed by atoms with Gasteiger partial charge >= 0.3 is 5.97 Å². The molecule has 0 aromatic rings. The van der Waals surface area contributed by atoms with E-state index in [4.69, 9.17) is 10.2 Å². The molecular weight excluding hydrogens is 224 g/mol. The van der Waals surface area contributed by atoms with E-state index in [2.05, 4.69) is 10.6 Å². The van der Waals surface area contributed by atoms with E-state index in [-0.39, 0.29) is 5.91 Å². The van der Waals surface area contributed by atoms with Crippen molar-refractivity contribution in [1.82, 2.24) is 10.6 Å². The van der Waals surface area contributed by atoms with Crippen molar-refractivity contribution >= 4 is 11.9 Å². The Morgan fingerprint density at radius 2 is 2.24 bits per heavy atom. The zero-order valence-corrected chi connectivity index (χ0v) is 10.0. The summed E-state index contributed by atoms with van der Waals surface area (Å²) in [6.45, 7) is 2.78. The van der Waals surface area contributed by atoms with E-state index >= 15 is 0 Å². The number of hydrogen-bond donors (Lipinski definition) is 4. The maximum Gasteiger partial charge on any atom is 0.328 e. The quantitative estimate of drug-likeness (QED) is 0.514. The van der Waals surface area contributed by atoms with Crippen molar-refractivity contribution in [2.45, 2.75) is 32.2 Å². The molecule has 17 heavy (non-hydrogen) atoms. The molecule has 1 amide bonds. The number of carboxylic acid groups (broad SMARTS) is 1. The largest absolute Gasteiger partial charge is 0.480 e. The van der Waals surface area contributed by atoms with E-state index in [1.165, 1.54) is 0 Å². The number of nitrogens with one attached hydrogen (secondary N) is 2. The Hall–Kier alpha value is -1.14. The first-order valence-electron chi connectivity index (χ1n) is 5.91. The summed E-state index contributed by atoms with van der Waals surface area (Å²) in [5.41, 5.74) is -0.541. The number of carbonyl (C=O) groups is 2. The van der Waals surface area contributed by atoms with Crippen LogP contribution in [0.1, 0.15) is 26.2 Å². The highest BCUT2D eigenvalue weighted by atomic mass is 16.4. The standard InChI is InChI=1S/C11H20N2O4/c1-2-11(4-3-5-12-7-11)10(17)13-8(6-14)9(15)16/h8,12,14H,2-7H2,1H3,(H,13,17)(H,15,16). The van der Waals surface area contributed by atoms with Crippen LogP contribution >= 0.6 is 0 Å². The van der Waals surface area contributed by atoms with Gasteiger partial charge in [-0.2, -0.15) is 0 Å². The number of carbonyl (C=O) groups excluding carboxylic acids is 1. The third-order valence-electron chi connectivity index (χ3n) is 3.42.